The SMILES string of the molecule is CCCCCCCCCCCCCC(=O)CNC(C)=O. The molecule has 0 radical (unpaired) electrons. The third-order valence-electron chi connectivity index (χ3n) is 3.59. The number of ketones is 1. The van der Waals surface area contributed by atoms with Crippen molar-refractivity contribution in [3.63, 3.8) is 0 Å². The Labute approximate surface area is 124 Å². The van der Waals surface area contributed by atoms with E-state index in [4.69, 9.17) is 0 Å². The van der Waals surface area contributed by atoms with Crippen molar-refractivity contribution in [1.82, 2.24) is 5.32 Å². The molecule has 3 heteroatoms. The van der Waals surface area contributed by atoms with E-state index >= 15 is 0 Å². The van der Waals surface area contributed by atoms with Gasteiger partial charge >= 0.3 is 0 Å². The van der Waals surface area contributed by atoms with Crippen molar-refractivity contribution >= 4 is 11.7 Å². The van der Waals surface area contributed by atoms with Crippen LogP contribution in [-0.4, -0.2) is 18.2 Å². The molecule has 0 bridgehead atoms. The van der Waals surface area contributed by atoms with Gasteiger partial charge in [-0.05, 0) is 6.42 Å². The number of nitrogens with one attached hydrogen (secondary N) is 1. The molecule has 20 heavy (non-hydrogen) atoms. The van der Waals surface area contributed by atoms with Gasteiger partial charge in [0, 0.05) is 13.3 Å². The normalized spacial score (nSPS) is 10.5. The molecule has 0 aromatic carbocycles. The topological polar surface area (TPSA) is 46.2 Å². The summed E-state index contributed by atoms with van der Waals surface area (Å²) in [5.74, 6) is 0.0217. The molecule has 118 valence electrons. The van der Waals surface area contributed by atoms with Crippen molar-refractivity contribution in [1.29, 1.82) is 0 Å². The number of amides is 1. The van der Waals surface area contributed by atoms with Gasteiger partial charge in [0.1, 0.15) is 0 Å². The zero-order chi connectivity index (χ0) is 15.1. The van der Waals surface area contributed by atoms with E-state index in [0.29, 0.717) is 6.42 Å². The smallest absolute Gasteiger partial charge is 0.217 e. The monoisotopic (exact) mass is 283 g/mol. The largest absolute Gasteiger partial charge is 0.349 e. The lowest BCUT2D eigenvalue weighted by Gasteiger charge is -2.03. The van der Waals surface area contributed by atoms with E-state index in [1.165, 1.54) is 64.7 Å². The van der Waals surface area contributed by atoms with Crippen LogP contribution in [0.3, 0.4) is 0 Å². The van der Waals surface area contributed by atoms with Crippen LogP contribution in [0, 0.1) is 0 Å². The number of hydrogen-bond donors (Lipinski definition) is 1. The van der Waals surface area contributed by atoms with Crippen molar-refractivity contribution in [2.24, 2.45) is 0 Å². The van der Waals surface area contributed by atoms with Crippen LogP contribution in [0.4, 0.5) is 0 Å². The lowest BCUT2D eigenvalue weighted by atomic mass is 10.0. The predicted octanol–water partition coefficient (Wildman–Crippen LogP) is 4.39. The molecule has 0 fully saturated rings. The van der Waals surface area contributed by atoms with Crippen molar-refractivity contribution in [3.8, 4) is 0 Å². The summed E-state index contributed by atoms with van der Waals surface area (Å²) in [5, 5.41) is 2.55. The lowest BCUT2D eigenvalue weighted by molar-refractivity contribution is -0.123. The first kappa shape index (κ1) is 19.1. The summed E-state index contributed by atoms with van der Waals surface area (Å²) in [7, 11) is 0. The molecule has 0 aromatic heterocycles. The van der Waals surface area contributed by atoms with Gasteiger partial charge in [-0.3, -0.25) is 9.59 Å². The summed E-state index contributed by atoms with van der Waals surface area (Å²) < 4.78 is 0. The Kier molecular flexibility index (Phi) is 13.9. The molecule has 0 atom stereocenters. The number of carbonyl (C=O) groups excluding carboxylic acids is 2. The highest BCUT2D eigenvalue weighted by atomic mass is 16.2. The molecule has 0 aliphatic carbocycles. The van der Waals surface area contributed by atoms with E-state index < -0.39 is 0 Å². The van der Waals surface area contributed by atoms with E-state index in [1.807, 2.05) is 0 Å². The second-order valence-corrected chi connectivity index (χ2v) is 5.73. The third kappa shape index (κ3) is 15.2. The maximum Gasteiger partial charge on any atom is 0.217 e. The minimum atomic E-state index is -0.128. The minimum absolute atomic E-state index is 0.128. The zero-order valence-electron chi connectivity index (χ0n) is 13.5. The molecular formula is C17H33NO2. The van der Waals surface area contributed by atoms with E-state index in [2.05, 4.69) is 12.2 Å². The van der Waals surface area contributed by atoms with Crippen LogP contribution in [-0.2, 0) is 9.59 Å². The minimum Gasteiger partial charge on any atom is -0.349 e. The van der Waals surface area contributed by atoms with E-state index in [1.54, 1.807) is 0 Å². The van der Waals surface area contributed by atoms with E-state index in [-0.39, 0.29) is 18.2 Å². The van der Waals surface area contributed by atoms with Crippen molar-refractivity contribution in [2.45, 2.75) is 90.9 Å². The number of rotatable bonds is 14. The van der Waals surface area contributed by atoms with Gasteiger partial charge in [0.05, 0.1) is 6.54 Å². The standard InChI is InChI=1S/C17H33NO2/c1-3-4-5-6-7-8-9-10-11-12-13-14-17(20)15-18-16(2)19/h3-15H2,1-2H3,(H,18,19). The number of unbranched alkanes of at least 4 members (excludes halogenated alkanes) is 10. The fourth-order valence-corrected chi connectivity index (χ4v) is 2.30. The van der Waals surface area contributed by atoms with Gasteiger partial charge in [-0.25, -0.2) is 0 Å². The second kappa shape index (κ2) is 14.5. The highest BCUT2D eigenvalue weighted by Crippen LogP contribution is 2.11. The molecule has 0 saturated carbocycles. The van der Waals surface area contributed by atoms with Gasteiger partial charge in [-0.15, -0.1) is 0 Å². The summed E-state index contributed by atoms with van der Waals surface area (Å²) >= 11 is 0. The van der Waals surface area contributed by atoms with Crippen LogP contribution >= 0.6 is 0 Å². The van der Waals surface area contributed by atoms with Crippen molar-refractivity contribution in [2.75, 3.05) is 6.54 Å². The Morgan fingerprint density at radius 3 is 1.65 bits per heavy atom. The second-order valence-electron chi connectivity index (χ2n) is 5.73. The van der Waals surface area contributed by atoms with Crippen LogP contribution in [0.5, 0.6) is 0 Å². The summed E-state index contributed by atoms with van der Waals surface area (Å²) in [6.45, 7) is 3.89. The Hall–Kier alpha value is -0.860. The molecule has 0 heterocycles. The first-order chi connectivity index (χ1) is 9.66. The first-order valence-electron chi connectivity index (χ1n) is 8.43. The molecule has 0 saturated heterocycles. The van der Waals surface area contributed by atoms with Crippen LogP contribution in [0.2, 0.25) is 0 Å². The molecule has 3 nitrogen and oxygen atoms in total. The molecule has 0 aromatic rings. The quantitative estimate of drug-likeness (QED) is 0.480. The Morgan fingerprint density at radius 2 is 1.20 bits per heavy atom. The van der Waals surface area contributed by atoms with Crippen LogP contribution in [0.25, 0.3) is 0 Å². The predicted molar refractivity (Wildman–Crippen MR) is 84.8 cm³/mol. The maximum atomic E-state index is 11.4. The third-order valence-corrected chi connectivity index (χ3v) is 3.59. The molecule has 0 aliphatic rings. The Bertz CT molecular complexity index is 251. The summed E-state index contributed by atoms with van der Waals surface area (Å²) in [6, 6.07) is 0. The van der Waals surface area contributed by atoms with E-state index in [9.17, 15) is 9.59 Å². The Morgan fingerprint density at radius 1 is 0.750 bits per heavy atom. The van der Waals surface area contributed by atoms with Crippen LogP contribution in [0.1, 0.15) is 90.9 Å². The molecule has 1 N–H and O–H groups in total. The first-order valence-corrected chi connectivity index (χ1v) is 8.43. The molecule has 0 rings (SSSR count). The van der Waals surface area contributed by atoms with Crippen LogP contribution in [0.15, 0.2) is 0 Å². The van der Waals surface area contributed by atoms with Crippen molar-refractivity contribution < 1.29 is 9.59 Å². The highest BCUT2D eigenvalue weighted by Gasteiger charge is 2.02. The zero-order valence-corrected chi connectivity index (χ0v) is 13.5. The van der Waals surface area contributed by atoms with Crippen molar-refractivity contribution in [3.05, 3.63) is 0 Å². The molecule has 1 amide bonds. The molecule has 0 aliphatic heterocycles. The summed E-state index contributed by atoms with van der Waals surface area (Å²) in [4.78, 5) is 22.0. The van der Waals surface area contributed by atoms with Gasteiger partial charge in [-0.2, -0.15) is 0 Å². The average molecular weight is 283 g/mol. The fourth-order valence-electron chi connectivity index (χ4n) is 2.30. The van der Waals surface area contributed by atoms with Gasteiger partial charge in [0.25, 0.3) is 0 Å². The van der Waals surface area contributed by atoms with Gasteiger partial charge < -0.3 is 5.32 Å². The van der Waals surface area contributed by atoms with E-state index in [0.717, 1.165) is 12.8 Å². The summed E-state index contributed by atoms with van der Waals surface area (Å²) in [6.07, 6.45) is 14.8. The molecular weight excluding hydrogens is 250 g/mol. The lowest BCUT2D eigenvalue weighted by Crippen LogP contribution is -2.26. The highest BCUT2D eigenvalue weighted by molar-refractivity contribution is 5.85. The number of hydrogen-bond acceptors (Lipinski definition) is 2. The number of carbonyl (C=O) groups is 2. The number of Topliss-reactive ketones (excluding diaryl/α,β-unsaturated/α-hetero) is 1. The summed E-state index contributed by atoms with van der Waals surface area (Å²) in [5.41, 5.74) is 0. The van der Waals surface area contributed by atoms with Gasteiger partial charge in [0.15, 0.2) is 5.78 Å². The molecule has 0 unspecified atom stereocenters. The average Bonchev–Trinajstić information content (AvgIpc) is 2.42. The van der Waals surface area contributed by atoms with Gasteiger partial charge in [-0.1, -0.05) is 71.1 Å². The Balaban J connectivity index is 3.12. The molecule has 0 spiro atoms. The van der Waals surface area contributed by atoms with Crippen LogP contribution < -0.4 is 5.32 Å². The fraction of sp³-hybridized carbons (Fsp3) is 0.882. The van der Waals surface area contributed by atoms with Gasteiger partial charge in [0.2, 0.25) is 5.91 Å². The maximum absolute atomic E-state index is 11.4.